The van der Waals surface area contributed by atoms with Crippen LogP contribution >= 0.6 is 11.3 Å². The zero-order chi connectivity index (χ0) is 51.2. The number of rotatable bonds is 21. The molecule has 0 radical (unpaired) electrons. The van der Waals surface area contributed by atoms with Gasteiger partial charge in [-0.3, -0.25) is 24.1 Å². The number of nitrogens with zero attached hydrogens (tertiary/aromatic N) is 3. The van der Waals surface area contributed by atoms with Crippen LogP contribution in [0.15, 0.2) is 71.7 Å². The molecule has 7 rings (SSSR count). The molecule has 0 spiro atoms. The Bertz CT molecular complexity index is 2570. The fourth-order valence-electron chi connectivity index (χ4n) is 10.0. The van der Waals surface area contributed by atoms with Gasteiger partial charge >= 0.3 is 0 Å². The molecule has 1 aliphatic carbocycles. The van der Waals surface area contributed by atoms with E-state index in [4.69, 9.17) is 9.47 Å². The SMILES string of the molecule is Cc1ncsc1-c1ccc(CNC(=O)[C@@H]2C[C@@H](O)CN2C(=O)[C@@H](NC(=O)COCCCCC(=O)CCCOc2cc(F)c([C@@H]3C4=C(C[C@@H](C)N3CC(C)(C)F)c3ccccc3C4)c(F)c2)C(C)(C)C)cc1. The molecule has 3 N–H and O–H groups in total. The standard InChI is InChI=1S/C55H68F3N5O7S/c1-33-23-42-41-16-9-8-13-37(41)24-43(42)49(63(33)31-55(6,7)58)48-44(56)26-40(27-45(48)57)70-22-12-15-38(64)14-10-11-21-69-30-47(66)61-51(54(3,4)5)53(68)62-29-39(65)25-46(62)52(67)59-28-35-17-19-36(20-18-35)50-34(2)60-32-71-50/h8-9,13,16-20,26-27,32-33,39,46,49,51,65H,10-12,14-15,21-25,28-31H2,1-7H3,(H,59,67)(H,61,66)/t33-,39-,46+,49+,51-/m1/s1. The zero-order valence-corrected chi connectivity index (χ0v) is 42.7. The fraction of sp³-hybridized carbons (Fsp3) is 0.509. The summed E-state index contributed by atoms with van der Waals surface area (Å²) in [6, 6.07) is 15.3. The van der Waals surface area contributed by atoms with Gasteiger partial charge in [-0.2, -0.15) is 0 Å². The van der Waals surface area contributed by atoms with E-state index in [0.29, 0.717) is 32.1 Å². The van der Waals surface area contributed by atoms with Gasteiger partial charge in [0.05, 0.1) is 34.8 Å². The number of hydrogen-bond acceptors (Lipinski definition) is 10. The van der Waals surface area contributed by atoms with Gasteiger partial charge in [-0.25, -0.2) is 18.2 Å². The van der Waals surface area contributed by atoms with E-state index in [1.165, 1.54) is 30.9 Å². The molecule has 3 heterocycles. The number of carbonyl (C=O) groups excluding carboxylic acids is 4. The van der Waals surface area contributed by atoms with Crippen molar-refractivity contribution in [2.24, 2.45) is 5.41 Å². The number of unbranched alkanes of at least 4 members (excludes halogenated alkanes) is 1. The minimum Gasteiger partial charge on any atom is -0.493 e. The second kappa shape index (κ2) is 23.0. The third-order valence-electron chi connectivity index (χ3n) is 13.5. The molecule has 4 aromatic rings. The molecule has 16 heteroatoms. The van der Waals surface area contributed by atoms with Crippen molar-refractivity contribution in [3.05, 3.63) is 111 Å². The van der Waals surface area contributed by atoms with Gasteiger partial charge in [-0.15, -0.1) is 11.3 Å². The van der Waals surface area contributed by atoms with Gasteiger partial charge in [0, 0.05) is 69.2 Å². The predicted octanol–water partition coefficient (Wildman–Crippen LogP) is 9.01. The van der Waals surface area contributed by atoms with E-state index >= 15 is 13.2 Å². The molecule has 0 saturated carbocycles. The quantitative estimate of drug-likeness (QED) is 0.0696. The van der Waals surface area contributed by atoms with Gasteiger partial charge in [0.2, 0.25) is 17.7 Å². The van der Waals surface area contributed by atoms with Crippen molar-refractivity contribution in [3.8, 4) is 16.2 Å². The lowest BCUT2D eigenvalue weighted by Gasteiger charge is -2.44. The number of likely N-dealkylation sites (tertiary alicyclic amines) is 1. The van der Waals surface area contributed by atoms with Crippen molar-refractivity contribution in [1.29, 1.82) is 0 Å². The first-order valence-electron chi connectivity index (χ1n) is 24.7. The van der Waals surface area contributed by atoms with Crippen LogP contribution in [0.1, 0.15) is 120 Å². The third kappa shape index (κ3) is 13.4. The summed E-state index contributed by atoms with van der Waals surface area (Å²) in [5, 5.41) is 16.3. The molecule has 12 nitrogen and oxygen atoms in total. The Morgan fingerprint density at radius 3 is 2.34 bits per heavy atom. The lowest BCUT2D eigenvalue weighted by atomic mass is 9.84. The van der Waals surface area contributed by atoms with Crippen LogP contribution in [0.4, 0.5) is 13.2 Å². The van der Waals surface area contributed by atoms with Gasteiger partial charge in [-0.1, -0.05) is 69.3 Å². The van der Waals surface area contributed by atoms with Crippen molar-refractivity contribution in [1.82, 2.24) is 25.4 Å². The fourth-order valence-corrected chi connectivity index (χ4v) is 10.8. The minimum absolute atomic E-state index is 0.00787. The monoisotopic (exact) mass is 999 g/mol. The number of fused-ring (bicyclic) bond motifs is 2. The summed E-state index contributed by atoms with van der Waals surface area (Å²) >= 11 is 1.56. The number of halogens is 3. The number of thiazole rings is 1. The second-order valence-electron chi connectivity index (χ2n) is 20.9. The van der Waals surface area contributed by atoms with E-state index in [1.807, 2.05) is 67.3 Å². The molecule has 1 saturated heterocycles. The van der Waals surface area contributed by atoms with Gasteiger partial charge in [0.1, 0.15) is 47.5 Å². The van der Waals surface area contributed by atoms with E-state index in [0.717, 1.165) is 44.0 Å². The van der Waals surface area contributed by atoms with E-state index in [-0.39, 0.29) is 81.9 Å². The maximum Gasteiger partial charge on any atom is 0.246 e. The molecule has 382 valence electrons. The van der Waals surface area contributed by atoms with Crippen molar-refractivity contribution >= 4 is 40.4 Å². The van der Waals surface area contributed by atoms with Crippen LogP contribution in [0, 0.1) is 24.0 Å². The molecule has 3 aliphatic rings. The largest absolute Gasteiger partial charge is 0.493 e. The average molecular weight is 1000 g/mol. The Morgan fingerprint density at radius 2 is 1.66 bits per heavy atom. The summed E-state index contributed by atoms with van der Waals surface area (Å²) in [5.74, 6) is -2.92. The number of ether oxygens (including phenoxy) is 2. The number of ketones is 1. The molecule has 71 heavy (non-hydrogen) atoms. The average Bonchev–Trinajstić information content (AvgIpc) is 4.03. The molecule has 3 aromatic carbocycles. The van der Waals surface area contributed by atoms with Crippen molar-refractivity contribution in [2.45, 2.75) is 142 Å². The van der Waals surface area contributed by atoms with Crippen LogP contribution in [0.2, 0.25) is 0 Å². The first-order chi connectivity index (χ1) is 33.7. The minimum atomic E-state index is -1.59. The van der Waals surface area contributed by atoms with Crippen LogP contribution in [0.25, 0.3) is 16.0 Å². The Kier molecular flexibility index (Phi) is 17.3. The molecule has 1 aromatic heterocycles. The number of aryl methyl sites for hydroxylation is 1. The lowest BCUT2D eigenvalue weighted by Crippen LogP contribution is -2.58. The first-order valence-corrected chi connectivity index (χ1v) is 25.6. The molecule has 5 atom stereocenters. The number of benzene rings is 3. The van der Waals surface area contributed by atoms with Crippen LogP contribution in [-0.4, -0.2) is 106 Å². The summed E-state index contributed by atoms with van der Waals surface area (Å²) < 4.78 is 58.7. The summed E-state index contributed by atoms with van der Waals surface area (Å²) in [7, 11) is 0. The van der Waals surface area contributed by atoms with Gasteiger partial charge in [0.15, 0.2) is 0 Å². The van der Waals surface area contributed by atoms with Crippen LogP contribution in [0.3, 0.4) is 0 Å². The highest BCUT2D eigenvalue weighted by Gasteiger charge is 2.45. The Balaban J connectivity index is 0.819. The summed E-state index contributed by atoms with van der Waals surface area (Å²) in [4.78, 5) is 61.8. The maximum atomic E-state index is 16.1. The van der Waals surface area contributed by atoms with Crippen molar-refractivity contribution < 1.29 is 46.9 Å². The van der Waals surface area contributed by atoms with Gasteiger partial charge in [-0.05, 0) is 98.6 Å². The number of aromatic nitrogens is 1. The Labute approximate surface area is 419 Å². The zero-order valence-electron chi connectivity index (χ0n) is 41.9. The molecule has 1 fully saturated rings. The van der Waals surface area contributed by atoms with Gasteiger partial charge < -0.3 is 30.1 Å². The number of hydrogen-bond donors (Lipinski definition) is 3. The lowest BCUT2D eigenvalue weighted by molar-refractivity contribution is -0.144. The Hall–Kier alpha value is -5.42. The smallest absolute Gasteiger partial charge is 0.246 e. The van der Waals surface area contributed by atoms with Crippen LogP contribution in [0.5, 0.6) is 5.75 Å². The number of alkyl halides is 1. The maximum absolute atomic E-state index is 16.1. The van der Waals surface area contributed by atoms with Crippen molar-refractivity contribution in [2.75, 3.05) is 32.9 Å². The highest BCUT2D eigenvalue weighted by Crippen LogP contribution is 2.50. The van der Waals surface area contributed by atoms with E-state index < -0.39 is 64.7 Å². The van der Waals surface area contributed by atoms with Crippen LogP contribution in [-0.2, 0) is 36.9 Å². The Morgan fingerprint density at radius 1 is 0.958 bits per heavy atom. The summed E-state index contributed by atoms with van der Waals surface area (Å²) in [6.45, 7) is 12.5. The predicted molar refractivity (Wildman–Crippen MR) is 268 cm³/mol. The number of amides is 3. The number of aliphatic hydroxyl groups excluding tert-OH is 1. The number of carbonyl (C=O) groups is 4. The van der Waals surface area contributed by atoms with Crippen LogP contribution < -0.4 is 15.4 Å². The highest BCUT2D eigenvalue weighted by atomic mass is 32.1. The molecule has 0 bridgehead atoms. The van der Waals surface area contributed by atoms with E-state index in [2.05, 4.69) is 15.6 Å². The molecule has 2 aliphatic heterocycles. The van der Waals surface area contributed by atoms with Gasteiger partial charge in [0.25, 0.3) is 0 Å². The van der Waals surface area contributed by atoms with E-state index in [9.17, 15) is 24.3 Å². The summed E-state index contributed by atoms with van der Waals surface area (Å²) in [5.41, 5.74) is 6.35. The number of β-amino-alcohol motifs (C(OH)–C–C–N with tert-alkyl or cyclic N) is 1. The molecule has 3 amide bonds. The first kappa shape index (κ1) is 53.4. The second-order valence-corrected chi connectivity index (χ2v) is 21.8. The highest BCUT2D eigenvalue weighted by molar-refractivity contribution is 7.13. The summed E-state index contributed by atoms with van der Waals surface area (Å²) in [6.07, 6.45) is 2.21. The number of aliphatic hydroxyl groups is 1. The molecule has 0 unspecified atom stereocenters. The normalized spacial score (nSPS) is 19.6. The molecular weight excluding hydrogens is 932 g/mol. The molecular formula is C55H68F3N5O7S. The number of Topliss-reactive ketones (excluding diaryl/α,β-unsaturated/α-hetero) is 1. The topological polar surface area (TPSA) is 150 Å². The third-order valence-corrected chi connectivity index (χ3v) is 14.5. The van der Waals surface area contributed by atoms with Crippen molar-refractivity contribution in [3.63, 3.8) is 0 Å². The van der Waals surface area contributed by atoms with E-state index in [1.54, 1.807) is 37.6 Å². The number of nitrogens with one attached hydrogen (secondary N) is 2.